The second-order valence-corrected chi connectivity index (χ2v) is 8.23. The SMILES string of the molecule is C[C@@H]1CCCC[C@H]1OCCNC(=O)C1CCN(S(N)(=O)=O)CC1. The molecule has 0 bridgehead atoms. The quantitative estimate of drug-likeness (QED) is 0.687. The molecule has 1 aliphatic heterocycles. The lowest BCUT2D eigenvalue weighted by molar-refractivity contribution is -0.126. The van der Waals surface area contributed by atoms with Crippen molar-refractivity contribution in [2.24, 2.45) is 17.0 Å². The highest BCUT2D eigenvalue weighted by molar-refractivity contribution is 7.86. The molecule has 1 heterocycles. The van der Waals surface area contributed by atoms with Crippen LogP contribution in [0.4, 0.5) is 0 Å². The Kier molecular flexibility index (Phi) is 6.82. The van der Waals surface area contributed by atoms with E-state index >= 15 is 0 Å². The number of nitrogens with two attached hydrogens (primary N) is 1. The summed E-state index contributed by atoms with van der Waals surface area (Å²) in [5.74, 6) is 0.447. The third-order valence-corrected chi connectivity index (χ3v) is 6.04. The van der Waals surface area contributed by atoms with Crippen molar-refractivity contribution in [1.29, 1.82) is 0 Å². The van der Waals surface area contributed by atoms with Crippen molar-refractivity contribution in [2.75, 3.05) is 26.2 Å². The molecule has 0 unspecified atom stereocenters. The molecule has 0 radical (unpaired) electrons. The number of ether oxygens (including phenoxy) is 1. The summed E-state index contributed by atoms with van der Waals surface area (Å²) in [5.41, 5.74) is 0. The number of piperidine rings is 1. The average molecular weight is 347 g/mol. The molecule has 1 aliphatic carbocycles. The molecule has 2 rings (SSSR count). The molecule has 2 fully saturated rings. The number of rotatable bonds is 6. The maximum atomic E-state index is 12.1. The lowest BCUT2D eigenvalue weighted by Crippen LogP contribution is -2.45. The van der Waals surface area contributed by atoms with E-state index in [9.17, 15) is 13.2 Å². The van der Waals surface area contributed by atoms with E-state index < -0.39 is 10.2 Å². The van der Waals surface area contributed by atoms with Gasteiger partial charge in [0.1, 0.15) is 0 Å². The van der Waals surface area contributed by atoms with Crippen molar-refractivity contribution >= 4 is 16.1 Å². The number of hydrogen-bond acceptors (Lipinski definition) is 4. The summed E-state index contributed by atoms with van der Waals surface area (Å²) in [6.45, 7) is 3.90. The molecule has 23 heavy (non-hydrogen) atoms. The largest absolute Gasteiger partial charge is 0.376 e. The second kappa shape index (κ2) is 8.41. The molecule has 0 aromatic heterocycles. The first kappa shape index (κ1) is 18.6. The molecule has 1 saturated heterocycles. The zero-order valence-corrected chi connectivity index (χ0v) is 14.7. The molecule has 7 nitrogen and oxygen atoms in total. The highest BCUT2D eigenvalue weighted by Gasteiger charge is 2.29. The number of nitrogens with one attached hydrogen (secondary N) is 1. The third kappa shape index (κ3) is 5.70. The molecular weight excluding hydrogens is 318 g/mol. The van der Waals surface area contributed by atoms with E-state index in [-0.39, 0.29) is 11.8 Å². The van der Waals surface area contributed by atoms with Crippen molar-refractivity contribution in [1.82, 2.24) is 9.62 Å². The van der Waals surface area contributed by atoms with Gasteiger partial charge in [0, 0.05) is 25.6 Å². The van der Waals surface area contributed by atoms with Gasteiger partial charge in [0.2, 0.25) is 5.91 Å². The molecule has 3 N–H and O–H groups in total. The molecule has 0 spiro atoms. The standard InChI is InChI=1S/C15H29N3O4S/c1-12-4-2-3-5-14(12)22-11-8-17-15(19)13-6-9-18(10-7-13)23(16,20)21/h12-14H,2-11H2,1H3,(H,17,19)(H2,16,20,21)/t12-,14-/m1/s1. The highest BCUT2D eigenvalue weighted by atomic mass is 32.2. The summed E-state index contributed by atoms with van der Waals surface area (Å²) in [6.07, 6.45) is 6.20. The zero-order valence-electron chi connectivity index (χ0n) is 13.9. The fourth-order valence-electron chi connectivity index (χ4n) is 3.43. The first-order chi connectivity index (χ1) is 10.9. The Morgan fingerprint density at radius 3 is 2.48 bits per heavy atom. The minimum atomic E-state index is -3.63. The van der Waals surface area contributed by atoms with Gasteiger partial charge in [-0.2, -0.15) is 12.7 Å². The van der Waals surface area contributed by atoms with Gasteiger partial charge in [-0.25, -0.2) is 5.14 Å². The van der Waals surface area contributed by atoms with E-state index in [4.69, 9.17) is 9.88 Å². The summed E-state index contributed by atoms with van der Waals surface area (Å²) < 4.78 is 29.6. The molecular formula is C15H29N3O4S. The summed E-state index contributed by atoms with van der Waals surface area (Å²) in [5, 5.41) is 7.99. The topological polar surface area (TPSA) is 102 Å². The van der Waals surface area contributed by atoms with Gasteiger partial charge in [0.25, 0.3) is 10.2 Å². The van der Waals surface area contributed by atoms with Gasteiger partial charge in [0.15, 0.2) is 0 Å². The van der Waals surface area contributed by atoms with Crippen LogP contribution in [0.25, 0.3) is 0 Å². The van der Waals surface area contributed by atoms with E-state index in [0.29, 0.717) is 51.1 Å². The van der Waals surface area contributed by atoms with Gasteiger partial charge in [0.05, 0.1) is 12.7 Å². The summed E-state index contributed by atoms with van der Waals surface area (Å²) >= 11 is 0. The van der Waals surface area contributed by atoms with Gasteiger partial charge >= 0.3 is 0 Å². The lowest BCUT2D eigenvalue weighted by Gasteiger charge is -2.30. The number of hydrogen-bond donors (Lipinski definition) is 2. The molecule has 2 aliphatic rings. The Bertz CT molecular complexity index is 489. The maximum absolute atomic E-state index is 12.1. The van der Waals surface area contributed by atoms with Crippen molar-refractivity contribution in [3.05, 3.63) is 0 Å². The number of nitrogens with zero attached hydrogens (tertiary/aromatic N) is 1. The van der Waals surface area contributed by atoms with E-state index in [0.717, 1.165) is 6.42 Å². The van der Waals surface area contributed by atoms with Crippen LogP contribution in [0.1, 0.15) is 45.4 Å². The van der Waals surface area contributed by atoms with Crippen LogP contribution < -0.4 is 10.5 Å². The summed E-state index contributed by atoms with van der Waals surface area (Å²) in [6, 6.07) is 0. The molecule has 0 aromatic carbocycles. The van der Waals surface area contributed by atoms with Crippen LogP contribution in [-0.2, 0) is 19.7 Å². The third-order valence-electron chi connectivity index (χ3n) is 4.95. The summed E-state index contributed by atoms with van der Waals surface area (Å²) in [4.78, 5) is 12.1. The second-order valence-electron chi connectivity index (χ2n) is 6.68. The number of amides is 1. The number of carbonyl (C=O) groups is 1. The van der Waals surface area contributed by atoms with Crippen LogP contribution in [0, 0.1) is 11.8 Å². The molecule has 2 atom stereocenters. The Hall–Kier alpha value is -0.700. The van der Waals surface area contributed by atoms with Crippen molar-refractivity contribution in [3.63, 3.8) is 0 Å². The predicted molar refractivity (Wildman–Crippen MR) is 87.8 cm³/mol. The Balaban J connectivity index is 1.62. The van der Waals surface area contributed by atoms with Crippen LogP contribution in [0.2, 0.25) is 0 Å². The molecule has 134 valence electrons. The Morgan fingerprint density at radius 1 is 1.22 bits per heavy atom. The fourth-order valence-corrected chi connectivity index (χ4v) is 4.15. The minimum absolute atomic E-state index is 0.0145. The normalized spacial score (nSPS) is 27.7. The van der Waals surface area contributed by atoms with Gasteiger partial charge in [-0.1, -0.05) is 19.8 Å². The summed E-state index contributed by atoms with van der Waals surface area (Å²) in [7, 11) is -3.63. The lowest BCUT2D eigenvalue weighted by atomic mass is 9.88. The van der Waals surface area contributed by atoms with Crippen molar-refractivity contribution < 1.29 is 17.9 Å². The maximum Gasteiger partial charge on any atom is 0.276 e. The predicted octanol–water partition coefficient (Wildman–Crippen LogP) is 0.613. The minimum Gasteiger partial charge on any atom is -0.376 e. The monoisotopic (exact) mass is 347 g/mol. The van der Waals surface area contributed by atoms with Crippen LogP contribution in [0.5, 0.6) is 0 Å². The zero-order chi connectivity index (χ0) is 16.9. The van der Waals surface area contributed by atoms with Gasteiger partial charge in [-0.15, -0.1) is 0 Å². The van der Waals surface area contributed by atoms with Crippen LogP contribution in [0.3, 0.4) is 0 Å². The molecule has 1 saturated carbocycles. The van der Waals surface area contributed by atoms with E-state index in [1.54, 1.807) is 0 Å². The van der Waals surface area contributed by atoms with Gasteiger partial charge in [-0.05, 0) is 31.6 Å². The van der Waals surface area contributed by atoms with E-state index in [1.807, 2.05) is 0 Å². The van der Waals surface area contributed by atoms with Gasteiger partial charge in [-0.3, -0.25) is 4.79 Å². The highest BCUT2D eigenvalue weighted by Crippen LogP contribution is 2.26. The fraction of sp³-hybridized carbons (Fsp3) is 0.933. The van der Waals surface area contributed by atoms with Crippen LogP contribution in [-0.4, -0.2) is 51.0 Å². The Labute approximate surface area is 139 Å². The van der Waals surface area contributed by atoms with Crippen LogP contribution >= 0.6 is 0 Å². The molecule has 0 aromatic rings. The van der Waals surface area contributed by atoms with E-state index in [1.165, 1.54) is 23.6 Å². The number of carbonyl (C=O) groups excluding carboxylic acids is 1. The van der Waals surface area contributed by atoms with Crippen LogP contribution in [0.15, 0.2) is 0 Å². The first-order valence-corrected chi connectivity index (χ1v) is 10.1. The van der Waals surface area contributed by atoms with Crippen molar-refractivity contribution in [2.45, 2.75) is 51.6 Å². The van der Waals surface area contributed by atoms with Gasteiger partial charge < -0.3 is 10.1 Å². The smallest absolute Gasteiger partial charge is 0.276 e. The molecule has 1 amide bonds. The first-order valence-electron chi connectivity index (χ1n) is 8.55. The van der Waals surface area contributed by atoms with Crippen molar-refractivity contribution in [3.8, 4) is 0 Å². The Morgan fingerprint density at radius 2 is 1.87 bits per heavy atom. The average Bonchev–Trinajstić information content (AvgIpc) is 2.52. The van der Waals surface area contributed by atoms with E-state index in [2.05, 4.69) is 12.2 Å². The molecule has 8 heteroatoms.